The SMILES string of the molecule is O=C(NCc1ncccc1C(F)(F)F)c1ccc2nc(Nc3c(Cl)cncc3Cl)[nH]c2c1. The van der Waals surface area contributed by atoms with E-state index in [0.717, 1.165) is 6.07 Å². The Hall–Kier alpha value is -3.37. The fourth-order valence-corrected chi connectivity index (χ4v) is 3.42. The Morgan fingerprint density at radius 3 is 2.59 bits per heavy atom. The zero-order chi connectivity index (χ0) is 22.9. The lowest BCUT2D eigenvalue weighted by molar-refractivity contribution is -0.138. The average Bonchev–Trinajstić information content (AvgIpc) is 3.16. The van der Waals surface area contributed by atoms with Gasteiger partial charge in [0.05, 0.1) is 44.6 Å². The van der Waals surface area contributed by atoms with E-state index in [1.165, 1.54) is 36.8 Å². The molecule has 32 heavy (non-hydrogen) atoms. The van der Waals surface area contributed by atoms with E-state index >= 15 is 0 Å². The highest BCUT2D eigenvalue weighted by atomic mass is 35.5. The third kappa shape index (κ3) is 4.61. The van der Waals surface area contributed by atoms with Crippen LogP contribution in [0.5, 0.6) is 0 Å². The van der Waals surface area contributed by atoms with Gasteiger partial charge in [0.1, 0.15) is 0 Å². The van der Waals surface area contributed by atoms with Crippen molar-refractivity contribution in [3.8, 4) is 0 Å². The van der Waals surface area contributed by atoms with Crippen LogP contribution in [0.2, 0.25) is 10.0 Å². The van der Waals surface area contributed by atoms with Crippen molar-refractivity contribution in [1.82, 2.24) is 25.3 Å². The molecule has 0 spiro atoms. The Balaban J connectivity index is 1.51. The highest BCUT2D eigenvalue weighted by Gasteiger charge is 2.33. The van der Waals surface area contributed by atoms with E-state index in [-0.39, 0.29) is 17.8 Å². The van der Waals surface area contributed by atoms with E-state index in [1.54, 1.807) is 6.07 Å². The molecular formula is C20H13Cl2F3N6O. The molecule has 1 amide bonds. The summed E-state index contributed by atoms with van der Waals surface area (Å²) in [6.07, 6.45) is -0.476. The van der Waals surface area contributed by atoms with Crippen molar-refractivity contribution in [2.24, 2.45) is 0 Å². The number of aromatic amines is 1. The maximum atomic E-state index is 13.1. The molecule has 4 aromatic rings. The predicted octanol–water partition coefficient (Wildman–Crippen LogP) is 5.35. The molecule has 1 aromatic carbocycles. The zero-order valence-corrected chi connectivity index (χ0v) is 17.5. The molecule has 0 aliphatic rings. The molecule has 0 radical (unpaired) electrons. The van der Waals surface area contributed by atoms with Gasteiger partial charge in [-0.1, -0.05) is 23.2 Å². The summed E-state index contributed by atoms with van der Waals surface area (Å²) in [7, 11) is 0. The zero-order valence-electron chi connectivity index (χ0n) is 16.0. The van der Waals surface area contributed by atoms with E-state index in [0.29, 0.717) is 32.7 Å². The third-order valence-corrected chi connectivity index (χ3v) is 5.03. The number of fused-ring (bicyclic) bond motifs is 1. The molecule has 7 nitrogen and oxygen atoms in total. The van der Waals surface area contributed by atoms with Crippen LogP contribution < -0.4 is 10.6 Å². The van der Waals surface area contributed by atoms with Gasteiger partial charge in [-0.25, -0.2) is 4.98 Å². The summed E-state index contributed by atoms with van der Waals surface area (Å²) >= 11 is 12.2. The Bertz CT molecular complexity index is 1290. The van der Waals surface area contributed by atoms with Crippen molar-refractivity contribution in [2.75, 3.05) is 5.32 Å². The number of rotatable bonds is 5. The van der Waals surface area contributed by atoms with Crippen LogP contribution in [0, 0.1) is 0 Å². The molecule has 0 aliphatic carbocycles. The number of nitrogens with one attached hydrogen (secondary N) is 3. The van der Waals surface area contributed by atoms with Crippen LogP contribution in [-0.4, -0.2) is 25.8 Å². The first-order chi connectivity index (χ1) is 15.2. The molecule has 0 aliphatic heterocycles. The monoisotopic (exact) mass is 480 g/mol. The van der Waals surface area contributed by atoms with Gasteiger partial charge in [0.15, 0.2) is 0 Å². The van der Waals surface area contributed by atoms with Crippen molar-refractivity contribution in [3.05, 3.63) is 75.8 Å². The second-order valence-electron chi connectivity index (χ2n) is 6.60. The Morgan fingerprint density at radius 2 is 1.88 bits per heavy atom. The van der Waals surface area contributed by atoms with E-state index in [2.05, 4.69) is 30.6 Å². The van der Waals surface area contributed by atoms with Gasteiger partial charge in [-0.05, 0) is 30.3 Å². The summed E-state index contributed by atoms with van der Waals surface area (Å²) in [6, 6.07) is 6.75. The number of benzene rings is 1. The van der Waals surface area contributed by atoms with E-state index < -0.39 is 17.6 Å². The van der Waals surface area contributed by atoms with Crippen LogP contribution in [0.15, 0.2) is 48.9 Å². The number of hydrogen-bond acceptors (Lipinski definition) is 5. The fourth-order valence-electron chi connectivity index (χ4n) is 2.96. The number of carbonyl (C=O) groups is 1. The molecule has 12 heteroatoms. The van der Waals surface area contributed by atoms with E-state index in [1.807, 2.05) is 0 Å². The number of alkyl halides is 3. The number of H-pyrrole nitrogens is 1. The van der Waals surface area contributed by atoms with Gasteiger partial charge in [0, 0.05) is 24.2 Å². The Labute approximate surface area is 189 Å². The van der Waals surface area contributed by atoms with Gasteiger partial charge in [0.2, 0.25) is 5.95 Å². The van der Waals surface area contributed by atoms with Crippen LogP contribution in [-0.2, 0) is 12.7 Å². The van der Waals surface area contributed by atoms with Crippen molar-refractivity contribution < 1.29 is 18.0 Å². The first-order valence-corrected chi connectivity index (χ1v) is 9.83. The van der Waals surface area contributed by atoms with Gasteiger partial charge in [-0.2, -0.15) is 13.2 Å². The molecule has 164 valence electrons. The normalized spacial score (nSPS) is 11.5. The first kappa shape index (κ1) is 21.8. The molecule has 3 N–H and O–H groups in total. The number of aromatic nitrogens is 4. The highest BCUT2D eigenvalue weighted by molar-refractivity contribution is 6.39. The number of nitrogens with zero attached hydrogens (tertiary/aromatic N) is 3. The standard InChI is InChI=1S/C20H13Cl2F3N6O/c21-12-7-26-8-13(22)17(12)31-19-29-14-4-3-10(6-15(14)30-19)18(32)28-9-16-11(20(23,24)25)2-1-5-27-16/h1-8H,9H2,(H,28,32)(H2,26,29,30,31). The van der Waals surface area contributed by atoms with Crippen LogP contribution in [0.3, 0.4) is 0 Å². The number of amides is 1. The third-order valence-electron chi connectivity index (χ3n) is 4.45. The maximum Gasteiger partial charge on any atom is 0.418 e. The van der Waals surface area contributed by atoms with Gasteiger partial charge in [-0.15, -0.1) is 0 Å². The molecule has 0 unspecified atom stereocenters. The van der Waals surface area contributed by atoms with E-state index in [4.69, 9.17) is 23.2 Å². The smallest absolute Gasteiger partial charge is 0.346 e. The lowest BCUT2D eigenvalue weighted by Crippen LogP contribution is -2.25. The number of halogens is 5. The first-order valence-electron chi connectivity index (χ1n) is 9.07. The van der Waals surface area contributed by atoms with Crippen LogP contribution in [0.1, 0.15) is 21.6 Å². The Morgan fingerprint density at radius 1 is 1.12 bits per heavy atom. The van der Waals surface area contributed by atoms with Crippen LogP contribution >= 0.6 is 23.2 Å². The number of hydrogen-bond donors (Lipinski definition) is 3. The fraction of sp³-hybridized carbons (Fsp3) is 0.100. The van der Waals surface area contributed by atoms with Gasteiger partial charge < -0.3 is 15.6 Å². The molecule has 3 heterocycles. The summed E-state index contributed by atoms with van der Waals surface area (Å²) in [5, 5.41) is 6.01. The average molecular weight is 481 g/mol. The van der Waals surface area contributed by atoms with Gasteiger partial charge in [-0.3, -0.25) is 14.8 Å². The molecule has 0 atom stereocenters. The molecular weight excluding hydrogens is 468 g/mol. The summed E-state index contributed by atoms with van der Waals surface area (Å²) in [6.45, 7) is -0.374. The molecule has 0 saturated heterocycles. The Kier molecular flexibility index (Phi) is 5.90. The second-order valence-corrected chi connectivity index (χ2v) is 7.41. The minimum Gasteiger partial charge on any atom is -0.346 e. The van der Waals surface area contributed by atoms with Gasteiger partial charge in [0.25, 0.3) is 5.91 Å². The van der Waals surface area contributed by atoms with Crippen LogP contribution in [0.4, 0.5) is 24.8 Å². The number of pyridine rings is 2. The summed E-state index contributed by atoms with van der Waals surface area (Å²) in [5.74, 6) is -0.231. The highest BCUT2D eigenvalue weighted by Crippen LogP contribution is 2.32. The minimum absolute atomic E-state index is 0.233. The predicted molar refractivity (Wildman–Crippen MR) is 114 cm³/mol. The maximum absolute atomic E-state index is 13.1. The molecule has 0 bridgehead atoms. The minimum atomic E-state index is -4.56. The summed E-state index contributed by atoms with van der Waals surface area (Å²) in [4.78, 5) is 27.5. The molecule has 0 fully saturated rings. The number of anilines is 2. The van der Waals surface area contributed by atoms with Crippen molar-refractivity contribution in [1.29, 1.82) is 0 Å². The second kappa shape index (κ2) is 8.64. The topological polar surface area (TPSA) is 95.6 Å². The van der Waals surface area contributed by atoms with Crippen LogP contribution in [0.25, 0.3) is 11.0 Å². The molecule has 4 rings (SSSR count). The number of carbonyl (C=O) groups excluding carboxylic acids is 1. The molecule has 0 saturated carbocycles. The van der Waals surface area contributed by atoms with Crippen molar-refractivity contribution in [2.45, 2.75) is 12.7 Å². The largest absolute Gasteiger partial charge is 0.418 e. The summed E-state index contributed by atoms with van der Waals surface area (Å²) < 4.78 is 39.3. The van der Waals surface area contributed by atoms with Crippen molar-refractivity contribution in [3.63, 3.8) is 0 Å². The van der Waals surface area contributed by atoms with E-state index in [9.17, 15) is 18.0 Å². The molecule has 3 aromatic heterocycles. The van der Waals surface area contributed by atoms with Crippen molar-refractivity contribution >= 4 is 51.8 Å². The lowest BCUT2D eigenvalue weighted by Gasteiger charge is -2.12. The quantitative estimate of drug-likeness (QED) is 0.357. The van der Waals surface area contributed by atoms with Gasteiger partial charge >= 0.3 is 6.18 Å². The lowest BCUT2D eigenvalue weighted by atomic mass is 10.1. The summed E-state index contributed by atoms with van der Waals surface area (Å²) in [5.41, 5.74) is 0.556. The number of imidazole rings is 1.